The van der Waals surface area contributed by atoms with Gasteiger partial charge in [-0.2, -0.15) is 0 Å². The molecule has 0 bridgehead atoms. The Balaban J connectivity index is 3.26. The van der Waals surface area contributed by atoms with Crippen molar-refractivity contribution in [2.24, 2.45) is 0 Å². The van der Waals surface area contributed by atoms with Crippen LogP contribution < -0.4 is 0 Å². The van der Waals surface area contributed by atoms with Gasteiger partial charge in [0, 0.05) is 21.9 Å². The monoisotopic (exact) mass is 208 g/mol. The summed E-state index contributed by atoms with van der Waals surface area (Å²) >= 11 is 0. The third-order valence-corrected chi connectivity index (χ3v) is 2.21. The van der Waals surface area contributed by atoms with Crippen molar-refractivity contribution in [1.29, 1.82) is 0 Å². The van der Waals surface area contributed by atoms with Gasteiger partial charge in [0.2, 0.25) is 0 Å². The Hall–Kier alpha value is -0.843. The van der Waals surface area contributed by atoms with Gasteiger partial charge in [0.1, 0.15) is 5.82 Å². The number of rotatable bonds is 2. The van der Waals surface area contributed by atoms with Crippen molar-refractivity contribution in [2.75, 3.05) is 0 Å². The second kappa shape index (κ2) is 3.91. The Morgan fingerprint density at radius 3 is 2.15 bits per heavy atom. The molecule has 0 atom stereocenters. The highest BCUT2D eigenvalue weighted by molar-refractivity contribution is 6.08. The van der Waals surface area contributed by atoms with Gasteiger partial charge >= 0.3 is 0 Å². The maximum absolute atomic E-state index is 12.9. The summed E-state index contributed by atoms with van der Waals surface area (Å²) in [4.78, 5) is 0. The first-order valence-electron chi connectivity index (χ1n) is 3.89. The van der Waals surface area contributed by atoms with Crippen LogP contribution in [0.5, 0.6) is 0 Å². The third-order valence-electron chi connectivity index (χ3n) is 1.71. The van der Waals surface area contributed by atoms with Gasteiger partial charge in [-0.3, -0.25) is 0 Å². The zero-order valence-corrected chi connectivity index (χ0v) is 9.00. The highest BCUT2D eigenvalue weighted by atomic mass is 28.1. The van der Waals surface area contributed by atoms with E-state index in [0.717, 1.165) is 10.2 Å². The molecule has 0 aliphatic carbocycles. The van der Waals surface area contributed by atoms with Crippen LogP contribution >= 0.6 is 0 Å². The molecule has 0 aliphatic heterocycles. The molecule has 0 unspecified atom stereocenters. The molecule has 0 N–H and O–H groups in total. The van der Waals surface area contributed by atoms with Crippen molar-refractivity contribution in [3.05, 3.63) is 34.9 Å². The third kappa shape index (κ3) is 1.91. The molecule has 0 nitrogen and oxygen atoms in total. The summed E-state index contributed by atoms with van der Waals surface area (Å²) in [5.41, 5.74) is -0.353. The van der Waals surface area contributed by atoms with Crippen molar-refractivity contribution in [3.63, 3.8) is 0 Å². The Labute approximate surface area is 76.0 Å². The van der Waals surface area contributed by atoms with E-state index in [9.17, 15) is 17.6 Å². The lowest BCUT2D eigenvalue weighted by molar-refractivity contribution is 0.425. The fourth-order valence-electron chi connectivity index (χ4n) is 1.08. The molecule has 0 aromatic heterocycles. The normalized spacial score (nSPS) is 10.8. The van der Waals surface area contributed by atoms with Crippen LogP contribution in [0.4, 0.5) is 17.6 Å². The molecule has 1 aromatic rings. The van der Waals surface area contributed by atoms with E-state index in [-0.39, 0.29) is 12.0 Å². The van der Waals surface area contributed by atoms with E-state index in [4.69, 9.17) is 0 Å². The van der Waals surface area contributed by atoms with Crippen molar-refractivity contribution in [1.82, 2.24) is 0 Å². The van der Waals surface area contributed by atoms with E-state index >= 15 is 0 Å². The highest BCUT2D eigenvalue weighted by Crippen LogP contribution is 2.19. The van der Waals surface area contributed by atoms with Gasteiger partial charge in [-0.05, 0) is 6.42 Å². The van der Waals surface area contributed by atoms with Gasteiger partial charge in [0.05, 0.1) is 0 Å². The summed E-state index contributed by atoms with van der Waals surface area (Å²) in [6.07, 6.45) is 0.126. The number of hydrogen-bond acceptors (Lipinski definition) is 0. The summed E-state index contributed by atoms with van der Waals surface area (Å²) in [5.74, 6) is -5.47. The highest BCUT2D eigenvalue weighted by Gasteiger charge is 2.17. The van der Waals surface area contributed by atoms with Crippen LogP contribution in [0.15, 0.2) is 6.07 Å². The predicted molar refractivity (Wildman–Crippen MR) is 44.7 cm³/mol. The summed E-state index contributed by atoms with van der Waals surface area (Å²) < 4.78 is 50.7. The molecule has 0 radical (unpaired) electrons. The van der Waals surface area contributed by atoms with E-state index in [0.29, 0.717) is 12.1 Å². The summed E-state index contributed by atoms with van der Waals surface area (Å²) in [7, 11) is 0.766. The molecule has 0 fully saturated rings. The van der Waals surface area contributed by atoms with Gasteiger partial charge in [-0.1, -0.05) is 6.04 Å². The largest absolute Gasteiger partial charge is 0.206 e. The van der Waals surface area contributed by atoms with Crippen LogP contribution in [-0.4, -0.2) is 10.2 Å². The van der Waals surface area contributed by atoms with Crippen LogP contribution in [0.1, 0.15) is 5.56 Å². The Bertz CT molecular complexity index is 324. The fraction of sp³-hybridized carbons (Fsp3) is 0.250. The van der Waals surface area contributed by atoms with E-state index in [1.54, 1.807) is 0 Å². The van der Waals surface area contributed by atoms with E-state index in [2.05, 4.69) is 0 Å². The van der Waals surface area contributed by atoms with Crippen LogP contribution in [0, 0.1) is 23.3 Å². The second-order valence-electron chi connectivity index (χ2n) is 2.70. The van der Waals surface area contributed by atoms with Crippen molar-refractivity contribution >= 4 is 10.2 Å². The van der Waals surface area contributed by atoms with Crippen molar-refractivity contribution in [2.45, 2.75) is 12.5 Å². The topological polar surface area (TPSA) is 0 Å². The summed E-state index contributed by atoms with van der Waals surface area (Å²) in [6, 6.07) is 0.990. The smallest absolute Gasteiger partial charge is 0.194 e. The Morgan fingerprint density at radius 2 is 1.62 bits per heavy atom. The van der Waals surface area contributed by atoms with Gasteiger partial charge in [-0.25, -0.2) is 17.6 Å². The molecule has 0 saturated heterocycles. The van der Waals surface area contributed by atoms with E-state index in [1.165, 1.54) is 0 Å². The molecule has 0 amide bonds. The molecule has 0 spiro atoms. The minimum absolute atomic E-state index is 0.126. The first kappa shape index (κ1) is 10.2. The molecule has 1 rings (SSSR count). The van der Waals surface area contributed by atoms with Crippen molar-refractivity contribution in [3.8, 4) is 0 Å². The minimum Gasteiger partial charge on any atom is -0.206 e. The van der Waals surface area contributed by atoms with E-state index < -0.39 is 23.3 Å². The van der Waals surface area contributed by atoms with Crippen LogP contribution in [-0.2, 0) is 6.42 Å². The zero-order valence-electron chi connectivity index (χ0n) is 7.00. The van der Waals surface area contributed by atoms with Crippen LogP contribution in [0.2, 0.25) is 6.04 Å². The zero-order chi connectivity index (χ0) is 10.0. The number of halogens is 4. The van der Waals surface area contributed by atoms with Gasteiger partial charge < -0.3 is 0 Å². The lowest BCUT2D eigenvalue weighted by Gasteiger charge is -2.04. The van der Waals surface area contributed by atoms with Crippen LogP contribution in [0.25, 0.3) is 0 Å². The van der Waals surface area contributed by atoms with Gasteiger partial charge in [-0.15, -0.1) is 0 Å². The number of hydrogen-bond donors (Lipinski definition) is 0. The molecule has 0 heterocycles. The standard InChI is InChI=1S/C8H8F4Si/c9-5-3-6(10)8(12)7(11)4(5)1-2-13/h3H,1-2H2,13H3. The fourth-order valence-corrected chi connectivity index (χ4v) is 1.58. The first-order chi connectivity index (χ1) is 6.07. The SMILES string of the molecule is Fc1cc(F)c(CC[SiH3])c(F)c1F. The molecule has 13 heavy (non-hydrogen) atoms. The van der Waals surface area contributed by atoms with Crippen LogP contribution in [0.3, 0.4) is 0 Å². The molecular weight excluding hydrogens is 200 g/mol. The van der Waals surface area contributed by atoms with Crippen molar-refractivity contribution < 1.29 is 17.6 Å². The maximum Gasteiger partial charge on any atom is 0.194 e. The van der Waals surface area contributed by atoms with Gasteiger partial charge in [0.25, 0.3) is 0 Å². The molecule has 72 valence electrons. The van der Waals surface area contributed by atoms with Gasteiger partial charge in [0.15, 0.2) is 17.5 Å². The average Bonchev–Trinajstić information content (AvgIpc) is 2.09. The number of benzene rings is 1. The lowest BCUT2D eigenvalue weighted by atomic mass is 10.1. The molecule has 5 heteroatoms. The Kier molecular flexibility index (Phi) is 3.08. The molecule has 0 aliphatic rings. The Morgan fingerprint density at radius 1 is 1.00 bits per heavy atom. The van der Waals surface area contributed by atoms with E-state index in [1.807, 2.05) is 0 Å². The molecular formula is C8H8F4Si. The predicted octanol–water partition coefficient (Wildman–Crippen LogP) is 1.57. The molecule has 0 saturated carbocycles. The first-order valence-corrected chi connectivity index (χ1v) is 5.31. The second-order valence-corrected chi connectivity index (χ2v) is 3.70. The quantitative estimate of drug-likeness (QED) is 0.299. The molecule has 1 aromatic carbocycles. The minimum atomic E-state index is -1.59. The lowest BCUT2D eigenvalue weighted by Crippen LogP contribution is -2.02. The summed E-state index contributed by atoms with van der Waals surface area (Å²) in [5, 5.41) is 0. The summed E-state index contributed by atoms with van der Waals surface area (Å²) in [6.45, 7) is 0. The maximum atomic E-state index is 12.9. The average molecular weight is 208 g/mol.